The Morgan fingerprint density at radius 1 is 1.24 bits per heavy atom. The zero-order valence-electron chi connectivity index (χ0n) is 11.9. The van der Waals surface area contributed by atoms with E-state index in [1.54, 1.807) is 11.3 Å². The first kappa shape index (κ1) is 14.3. The lowest BCUT2D eigenvalue weighted by Crippen LogP contribution is -2.28. The van der Waals surface area contributed by atoms with Gasteiger partial charge in [-0.1, -0.05) is 24.3 Å². The fourth-order valence-electron chi connectivity index (χ4n) is 2.87. The number of aliphatic hydroxyl groups is 1. The molecule has 1 unspecified atom stereocenters. The third-order valence-corrected chi connectivity index (χ3v) is 4.75. The van der Waals surface area contributed by atoms with E-state index in [1.807, 2.05) is 33.9 Å². The summed E-state index contributed by atoms with van der Waals surface area (Å²) in [6.45, 7) is 1.79. The number of nitrogens with zero attached hydrogens (tertiary/aromatic N) is 1. The van der Waals surface area contributed by atoms with Gasteiger partial charge in [0.1, 0.15) is 0 Å². The number of benzene rings is 1. The lowest BCUT2D eigenvalue weighted by atomic mass is 9.98. The SMILES string of the molecule is O=C(c1ccsc1)N1CCC(Cc2ccc(CO)cc2)C1. The summed E-state index contributed by atoms with van der Waals surface area (Å²) in [7, 11) is 0. The van der Waals surface area contributed by atoms with Crippen molar-refractivity contribution in [1.29, 1.82) is 0 Å². The average molecular weight is 301 g/mol. The van der Waals surface area contributed by atoms with Gasteiger partial charge in [0.05, 0.1) is 12.2 Å². The number of aliphatic hydroxyl groups excluding tert-OH is 1. The van der Waals surface area contributed by atoms with Gasteiger partial charge in [-0.2, -0.15) is 11.3 Å². The second-order valence-corrected chi connectivity index (χ2v) is 6.38. The molecule has 21 heavy (non-hydrogen) atoms. The van der Waals surface area contributed by atoms with Gasteiger partial charge in [0.2, 0.25) is 0 Å². The van der Waals surface area contributed by atoms with Crippen LogP contribution in [0.25, 0.3) is 0 Å². The Balaban J connectivity index is 1.58. The van der Waals surface area contributed by atoms with E-state index in [0.29, 0.717) is 5.92 Å². The van der Waals surface area contributed by atoms with E-state index >= 15 is 0 Å². The number of thiophene rings is 1. The van der Waals surface area contributed by atoms with Crippen LogP contribution in [0.15, 0.2) is 41.1 Å². The van der Waals surface area contributed by atoms with Crippen LogP contribution in [0.3, 0.4) is 0 Å². The summed E-state index contributed by atoms with van der Waals surface area (Å²) >= 11 is 1.57. The van der Waals surface area contributed by atoms with Crippen molar-refractivity contribution in [2.75, 3.05) is 13.1 Å². The van der Waals surface area contributed by atoms with Crippen LogP contribution in [-0.2, 0) is 13.0 Å². The number of rotatable bonds is 4. The maximum atomic E-state index is 12.3. The molecule has 110 valence electrons. The maximum Gasteiger partial charge on any atom is 0.254 e. The molecule has 0 spiro atoms. The molecule has 1 atom stereocenters. The molecule has 1 amide bonds. The second kappa shape index (κ2) is 6.41. The molecule has 2 heterocycles. The van der Waals surface area contributed by atoms with Gasteiger partial charge in [-0.15, -0.1) is 0 Å². The molecule has 1 aliphatic heterocycles. The molecule has 1 aliphatic rings. The molecule has 0 saturated carbocycles. The van der Waals surface area contributed by atoms with Gasteiger partial charge in [-0.3, -0.25) is 4.79 Å². The van der Waals surface area contributed by atoms with Gasteiger partial charge in [0.25, 0.3) is 5.91 Å². The Hall–Kier alpha value is -1.65. The molecular weight excluding hydrogens is 282 g/mol. The van der Waals surface area contributed by atoms with Crippen LogP contribution in [0.2, 0.25) is 0 Å². The number of likely N-dealkylation sites (tertiary alicyclic amines) is 1. The Kier molecular flexibility index (Phi) is 4.36. The molecule has 1 fully saturated rings. The molecular formula is C17H19NO2S. The van der Waals surface area contributed by atoms with Crippen LogP contribution >= 0.6 is 11.3 Å². The number of hydrogen-bond donors (Lipinski definition) is 1. The summed E-state index contributed by atoms with van der Waals surface area (Å²) in [6.07, 6.45) is 2.07. The standard InChI is InChI=1S/C17H19NO2S/c19-11-14-3-1-13(2-4-14)9-15-5-7-18(10-15)17(20)16-6-8-21-12-16/h1-4,6,8,12,15,19H,5,7,9-11H2. The van der Waals surface area contributed by atoms with Gasteiger partial charge < -0.3 is 10.0 Å². The largest absolute Gasteiger partial charge is 0.392 e. The molecule has 1 N–H and O–H groups in total. The first-order valence-electron chi connectivity index (χ1n) is 7.26. The highest BCUT2D eigenvalue weighted by atomic mass is 32.1. The van der Waals surface area contributed by atoms with Crippen molar-refractivity contribution in [3.05, 3.63) is 57.8 Å². The van der Waals surface area contributed by atoms with Crippen molar-refractivity contribution < 1.29 is 9.90 Å². The number of hydrogen-bond acceptors (Lipinski definition) is 3. The highest BCUT2D eigenvalue weighted by Gasteiger charge is 2.27. The summed E-state index contributed by atoms with van der Waals surface area (Å²) < 4.78 is 0. The van der Waals surface area contributed by atoms with Gasteiger partial charge in [-0.25, -0.2) is 0 Å². The fourth-order valence-corrected chi connectivity index (χ4v) is 3.50. The van der Waals surface area contributed by atoms with E-state index in [0.717, 1.165) is 37.1 Å². The van der Waals surface area contributed by atoms with E-state index in [-0.39, 0.29) is 12.5 Å². The van der Waals surface area contributed by atoms with Gasteiger partial charge >= 0.3 is 0 Å². The third-order valence-electron chi connectivity index (χ3n) is 4.07. The van der Waals surface area contributed by atoms with Crippen molar-refractivity contribution in [2.24, 2.45) is 5.92 Å². The predicted octanol–water partition coefficient (Wildman–Crippen LogP) is 2.95. The van der Waals surface area contributed by atoms with Crippen molar-refractivity contribution in [2.45, 2.75) is 19.4 Å². The van der Waals surface area contributed by atoms with E-state index in [2.05, 4.69) is 12.1 Å². The quantitative estimate of drug-likeness (QED) is 0.943. The minimum atomic E-state index is 0.0899. The average Bonchev–Trinajstić information content (AvgIpc) is 3.19. The van der Waals surface area contributed by atoms with Crippen molar-refractivity contribution in [3.8, 4) is 0 Å². The third kappa shape index (κ3) is 3.34. The monoisotopic (exact) mass is 301 g/mol. The van der Waals surface area contributed by atoms with Gasteiger partial charge in [0.15, 0.2) is 0 Å². The lowest BCUT2D eigenvalue weighted by molar-refractivity contribution is 0.0787. The second-order valence-electron chi connectivity index (χ2n) is 5.60. The Morgan fingerprint density at radius 2 is 2.00 bits per heavy atom. The van der Waals surface area contributed by atoms with Crippen molar-refractivity contribution in [3.63, 3.8) is 0 Å². The molecule has 1 aromatic carbocycles. The first-order chi connectivity index (χ1) is 10.3. The van der Waals surface area contributed by atoms with Crippen LogP contribution in [0, 0.1) is 5.92 Å². The normalized spacial score (nSPS) is 18.1. The van der Waals surface area contributed by atoms with Gasteiger partial charge in [-0.05, 0) is 41.3 Å². The van der Waals surface area contributed by atoms with E-state index in [1.165, 1.54) is 5.56 Å². The van der Waals surface area contributed by atoms with Crippen LogP contribution in [0.5, 0.6) is 0 Å². The molecule has 4 heteroatoms. The number of carbonyl (C=O) groups is 1. The predicted molar refractivity (Wildman–Crippen MR) is 84.4 cm³/mol. The molecule has 3 rings (SSSR count). The molecule has 3 nitrogen and oxygen atoms in total. The zero-order valence-corrected chi connectivity index (χ0v) is 12.7. The molecule has 0 radical (unpaired) electrons. The van der Waals surface area contributed by atoms with Crippen molar-refractivity contribution >= 4 is 17.2 Å². The van der Waals surface area contributed by atoms with E-state index in [4.69, 9.17) is 5.11 Å². The van der Waals surface area contributed by atoms with E-state index < -0.39 is 0 Å². The highest BCUT2D eigenvalue weighted by molar-refractivity contribution is 7.08. The van der Waals surface area contributed by atoms with Crippen LogP contribution in [0.1, 0.15) is 27.9 Å². The number of amides is 1. The Bertz CT molecular complexity index is 592. The summed E-state index contributed by atoms with van der Waals surface area (Å²) in [5, 5.41) is 12.9. The minimum absolute atomic E-state index is 0.0899. The number of carbonyl (C=O) groups excluding carboxylic acids is 1. The highest BCUT2D eigenvalue weighted by Crippen LogP contribution is 2.23. The van der Waals surface area contributed by atoms with Crippen LogP contribution in [0.4, 0.5) is 0 Å². The molecule has 0 aliphatic carbocycles. The minimum Gasteiger partial charge on any atom is -0.392 e. The van der Waals surface area contributed by atoms with Crippen LogP contribution < -0.4 is 0 Å². The molecule has 1 saturated heterocycles. The summed E-state index contributed by atoms with van der Waals surface area (Å²) in [4.78, 5) is 14.3. The van der Waals surface area contributed by atoms with Gasteiger partial charge in [0, 0.05) is 18.5 Å². The van der Waals surface area contributed by atoms with E-state index in [9.17, 15) is 4.79 Å². The maximum absolute atomic E-state index is 12.3. The topological polar surface area (TPSA) is 40.5 Å². The zero-order chi connectivity index (χ0) is 14.7. The Labute approximate surface area is 128 Å². The molecule has 1 aromatic heterocycles. The summed E-state index contributed by atoms with van der Waals surface area (Å²) in [6, 6.07) is 9.99. The molecule has 0 bridgehead atoms. The smallest absolute Gasteiger partial charge is 0.254 e. The first-order valence-corrected chi connectivity index (χ1v) is 8.20. The Morgan fingerprint density at radius 3 is 2.67 bits per heavy atom. The van der Waals surface area contributed by atoms with Crippen molar-refractivity contribution in [1.82, 2.24) is 4.90 Å². The lowest BCUT2D eigenvalue weighted by Gasteiger charge is -2.16. The van der Waals surface area contributed by atoms with Crippen LogP contribution in [-0.4, -0.2) is 29.0 Å². The summed E-state index contributed by atoms with van der Waals surface area (Å²) in [5.74, 6) is 0.696. The fraction of sp³-hybridized carbons (Fsp3) is 0.353. The summed E-state index contributed by atoms with van der Waals surface area (Å²) in [5.41, 5.74) is 3.04. The molecule has 2 aromatic rings.